The van der Waals surface area contributed by atoms with Crippen molar-refractivity contribution < 1.29 is 43.3 Å². The summed E-state index contributed by atoms with van der Waals surface area (Å²) in [4.78, 5) is 64.2. The number of benzene rings is 1. The summed E-state index contributed by atoms with van der Waals surface area (Å²) in [7, 11) is 0. The monoisotopic (exact) mass is 573 g/mol. The Labute approximate surface area is 236 Å². The Hall–Kier alpha value is -4.46. The molecule has 3 atom stereocenters. The van der Waals surface area contributed by atoms with E-state index in [-0.39, 0.29) is 44.3 Å². The van der Waals surface area contributed by atoms with Gasteiger partial charge in [-0.15, -0.1) is 0 Å². The van der Waals surface area contributed by atoms with Crippen LogP contribution in [0.4, 0.5) is 4.79 Å². The number of ether oxygens (including phenoxy) is 3. The zero-order valence-electron chi connectivity index (χ0n) is 23.2. The predicted octanol–water partition coefficient (Wildman–Crippen LogP) is 1.17. The fourth-order valence-corrected chi connectivity index (χ4v) is 4.20. The minimum Gasteiger partial charge on any atom is -0.481 e. The molecular weight excluding hydrogens is 538 g/mol. The third kappa shape index (κ3) is 8.27. The van der Waals surface area contributed by atoms with Gasteiger partial charge in [0, 0.05) is 32.1 Å². The maximum atomic E-state index is 13.6. The van der Waals surface area contributed by atoms with Gasteiger partial charge in [-0.1, -0.05) is 18.2 Å². The summed E-state index contributed by atoms with van der Waals surface area (Å²) in [6.45, 7) is 5.84. The molecular formula is C27H35N5O9. The lowest BCUT2D eigenvalue weighted by atomic mass is 9.98. The quantitative estimate of drug-likeness (QED) is 0.293. The van der Waals surface area contributed by atoms with Crippen molar-refractivity contribution in [2.75, 3.05) is 32.8 Å². The number of aliphatic carboxylic acids is 1. The van der Waals surface area contributed by atoms with Crippen LogP contribution in [0.3, 0.4) is 0 Å². The number of amides is 2. The first kappa shape index (κ1) is 31.1. The van der Waals surface area contributed by atoms with E-state index in [4.69, 9.17) is 14.2 Å². The topological polar surface area (TPSA) is 178 Å². The molecule has 3 rings (SSSR count). The molecule has 0 saturated carbocycles. The molecule has 0 aliphatic carbocycles. The average Bonchev–Trinajstić information content (AvgIpc) is 3.39. The number of nitrogens with zero attached hydrogens (tertiary/aromatic N) is 3. The van der Waals surface area contributed by atoms with Crippen molar-refractivity contribution in [2.45, 2.75) is 51.8 Å². The molecule has 1 saturated heterocycles. The van der Waals surface area contributed by atoms with Crippen LogP contribution in [0.2, 0.25) is 0 Å². The molecule has 3 N–H and O–H groups in total. The Morgan fingerprint density at radius 2 is 1.83 bits per heavy atom. The maximum absolute atomic E-state index is 13.6. The lowest BCUT2D eigenvalue weighted by Crippen LogP contribution is -2.61. The van der Waals surface area contributed by atoms with Gasteiger partial charge in [0.05, 0.1) is 24.9 Å². The van der Waals surface area contributed by atoms with Gasteiger partial charge in [0.15, 0.2) is 17.6 Å². The van der Waals surface area contributed by atoms with Gasteiger partial charge in [0.25, 0.3) is 5.91 Å². The summed E-state index contributed by atoms with van der Waals surface area (Å²) in [5.74, 6) is -3.01. The van der Waals surface area contributed by atoms with E-state index in [2.05, 4.69) is 15.7 Å². The van der Waals surface area contributed by atoms with E-state index >= 15 is 0 Å². The summed E-state index contributed by atoms with van der Waals surface area (Å²) in [6.07, 6.45) is -2.30. The molecule has 2 unspecified atom stereocenters. The first-order valence-corrected chi connectivity index (χ1v) is 13.3. The molecule has 1 aliphatic heterocycles. The van der Waals surface area contributed by atoms with Crippen LogP contribution in [-0.2, 0) is 23.9 Å². The minimum absolute atomic E-state index is 0.0697. The molecule has 222 valence electrons. The van der Waals surface area contributed by atoms with E-state index < -0.39 is 54.3 Å². The molecule has 1 aliphatic rings. The number of nitrogens with one attached hydrogen (secondary N) is 2. The maximum Gasteiger partial charge on any atom is 0.410 e. The molecule has 1 fully saturated rings. The summed E-state index contributed by atoms with van der Waals surface area (Å²) >= 11 is 0. The number of esters is 1. The summed E-state index contributed by atoms with van der Waals surface area (Å²) in [5.41, 5.74) is 0.395. The van der Waals surface area contributed by atoms with Gasteiger partial charge in [-0.05, 0) is 39.3 Å². The minimum atomic E-state index is -1.25. The Kier molecular flexibility index (Phi) is 11.2. The zero-order chi connectivity index (χ0) is 29.9. The highest BCUT2D eigenvalue weighted by Crippen LogP contribution is 2.22. The molecule has 1 aromatic carbocycles. The van der Waals surface area contributed by atoms with Crippen LogP contribution in [0, 0.1) is 0 Å². The van der Waals surface area contributed by atoms with E-state index in [1.165, 1.54) is 22.6 Å². The molecule has 2 amide bonds. The number of carbonyl (C=O) groups is 5. The number of aromatic nitrogens is 2. The van der Waals surface area contributed by atoms with Crippen molar-refractivity contribution >= 4 is 29.7 Å². The Bertz CT molecular complexity index is 1230. The third-order valence-electron chi connectivity index (χ3n) is 6.20. The van der Waals surface area contributed by atoms with Crippen LogP contribution in [0.25, 0.3) is 5.69 Å². The van der Waals surface area contributed by atoms with Gasteiger partial charge in [-0.25, -0.2) is 14.3 Å². The zero-order valence-corrected chi connectivity index (χ0v) is 23.2. The summed E-state index contributed by atoms with van der Waals surface area (Å²) in [6, 6.07) is 7.82. The second kappa shape index (κ2) is 14.8. The summed E-state index contributed by atoms with van der Waals surface area (Å²) in [5, 5.41) is 19.2. The van der Waals surface area contributed by atoms with E-state index in [0.717, 1.165) is 0 Å². The number of rotatable bonds is 13. The predicted molar refractivity (Wildman–Crippen MR) is 144 cm³/mol. The molecule has 0 bridgehead atoms. The lowest BCUT2D eigenvalue weighted by Gasteiger charge is -2.36. The number of hydrogen-bond donors (Lipinski definition) is 3. The van der Waals surface area contributed by atoms with Crippen LogP contribution < -0.4 is 15.4 Å². The lowest BCUT2D eigenvalue weighted by molar-refractivity contribution is -0.150. The van der Waals surface area contributed by atoms with E-state index in [9.17, 15) is 29.1 Å². The average molecular weight is 574 g/mol. The van der Waals surface area contributed by atoms with Crippen molar-refractivity contribution in [3.63, 3.8) is 0 Å². The molecule has 2 aromatic rings. The fraction of sp³-hybridized carbons (Fsp3) is 0.481. The highest BCUT2D eigenvalue weighted by atomic mass is 16.6. The number of para-hydroxylation sites is 1. The molecule has 0 radical (unpaired) electrons. The first-order chi connectivity index (χ1) is 19.7. The Morgan fingerprint density at radius 3 is 2.49 bits per heavy atom. The van der Waals surface area contributed by atoms with Gasteiger partial charge >= 0.3 is 18.0 Å². The highest BCUT2D eigenvalue weighted by Gasteiger charge is 2.37. The molecule has 14 heteroatoms. The number of ketones is 1. The van der Waals surface area contributed by atoms with Crippen LogP contribution in [0.15, 0.2) is 36.4 Å². The van der Waals surface area contributed by atoms with Crippen LogP contribution in [0.5, 0.6) is 5.88 Å². The second-order valence-corrected chi connectivity index (χ2v) is 9.10. The molecule has 0 spiro atoms. The van der Waals surface area contributed by atoms with E-state index in [0.29, 0.717) is 12.2 Å². The number of Topliss-reactive ketones (excluding diaryl/α,β-unsaturated/α-hetero) is 1. The first-order valence-electron chi connectivity index (χ1n) is 13.3. The van der Waals surface area contributed by atoms with Crippen LogP contribution in [0.1, 0.15) is 44.1 Å². The molecule has 14 nitrogen and oxygen atoms in total. The normalized spacial score (nSPS) is 16.3. The SMILES string of the molecule is CCOC(=O)C(C)Oc1cc(C(=O)N[C@@H](CCC(=O)O)C(=O)C2CNCCN2C(=O)OCC)nn1-c1ccccc1. The van der Waals surface area contributed by atoms with Crippen molar-refractivity contribution in [3.05, 3.63) is 42.1 Å². The Morgan fingerprint density at radius 1 is 1.12 bits per heavy atom. The standard InChI is InChI=1S/C27H35N5O9/c1-4-39-26(37)17(3)41-22-15-20(30-32(22)18-9-7-6-8-10-18)25(36)29-19(11-12-23(33)34)24(35)21-16-28-13-14-31(21)27(38)40-5-2/h6-10,15,17,19,21,28H,4-5,11-14,16H2,1-3H3,(H,29,36)(H,33,34)/t17?,19-,21?/m0/s1. The van der Waals surface area contributed by atoms with Crippen LogP contribution in [-0.4, -0.2) is 101 Å². The number of piperazine rings is 1. The van der Waals surface area contributed by atoms with Crippen LogP contribution >= 0.6 is 0 Å². The second-order valence-electron chi connectivity index (χ2n) is 9.10. The smallest absolute Gasteiger partial charge is 0.410 e. The van der Waals surface area contributed by atoms with Gasteiger partial charge in [0.2, 0.25) is 5.88 Å². The van der Waals surface area contributed by atoms with Crippen molar-refractivity contribution in [1.82, 2.24) is 25.3 Å². The highest BCUT2D eigenvalue weighted by molar-refractivity contribution is 5.99. The number of carboxylic acid groups (broad SMARTS) is 1. The van der Waals surface area contributed by atoms with Crippen molar-refractivity contribution in [3.8, 4) is 11.6 Å². The molecule has 2 heterocycles. The number of hydrogen-bond acceptors (Lipinski definition) is 10. The van der Waals surface area contributed by atoms with Gasteiger partial charge in [0.1, 0.15) is 6.04 Å². The number of carboxylic acids is 1. The fourth-order valence-electron chi connectivity index (χ4n) is 4.20. The third-order valence-corrected chi connectivity index (χ3v) is 6.20. The van der Waals surface area contributed by atoms with E-state index in [1.54, 1.807) is 44.2 Å². The largest absolute Gasteiger partial charge is 0.481 e. The van der Waals surface area contributed by atoms with Crippen molar-refractivity contribution in [2.24, 2.45) is 0 Å². The van der Waals surface area contributed by atoms with E-state index in [1.807, 2.05) is 0 Å². The van der Waals surface area contributed by atoms with Crippen molar-refractivity contribution in [1.29, 1.82) is 0 Å². The summed E-state index contributed by atoms with van der Waals surface area (Å²) < 4.78 is 17.2. The molecule has 41 heavy (non-hydrogen) atoms. The van der Waals surface area contributed by atoms with Gasteiger partial charge < -0.3 is 30.0 Å². The number of carbonyl (C=O) groups excluding carboxylic acids is 4. The Balaban J connectivity index is 1.89. The molecule has 1 aromatic heterocycles. The van der Waals surface area contributed by atoms with Gasteiger partial charge in [-0.2, -0.15) is 5.10 Å². The van der Waals surface area contributed by atoms with Gasteiger partial charge in [-0.3, -0.25) is 19.3 Å².